The maximum absolute atomic E-state index is 8.96. The van der Waals surface area contributed by atoms with Crippen LogP contribution in [0.25, 0.3) is 0 Å². The van der Waals surface area contributed by atoms with Gasteiger partial charge in [-0.3, -0.25) is 0 Å². The molecule has 0 spiro atoms. The van der Waals surface area contributed by atoms with E-state index in [1.165, 1.54) is 0 Å². The number of rotatable bonds is 5. The van der Waals surface area contributed by atoms with Crippen LogP contribution in [0, 0.1) is 5.92 Å². The number of aliphatic hydroxyl groups excluding tert-OH is 1. The number of benzene rings is 1. The Morgan fingerprint density at radius 1 is 1.45 bits per heavy atom. The van der Waals surface area contributed by atoms with Crippen molar-refractivity contribution in [1.82, 2.24) is 5.32 Å². The third kappa shape index (κ3) is 3.79. The van der Waals surface area contributed by atoms with Crippen molar-refractivity contribution < 1.29 is 9.84 Å². The van der Waals surface area contributed by atoms with Gasteiger partial charge in [-0.1, -0.05) is 36.2 Å². The normalized spacial score (nSPS) is 19.9. The molecule has 20 heavy (non-hydrogen) atoms. The zero-order valence-electron chi connectivity index (χ0n) is 11.7. The quantitative estimate of drug-likeness (QED) is 0.867. The second-order valence-corrected chi connectivity index (χ2v) is 6.13. The van der Waals surface area contributed by atoms with E-state index in [9.17, 15) is 0 Å². The van der Waals surface area contributed by atoms with E-state index >= 15 is 0 Å². The van der Waals surface area contributed by atoms with Gasteiger partial charge in [0.25, 0.3) is 0 Å². The second kappa shape index (κ2) is 7.51. The summed E-state index contributed by atoms with van der Waals surface area (Å²) in [5.41, 5.74) is 1.08. The molecule has 0 amide bonds. The van der Waals surface area contributed by atoms with Crippen molar-refractivity contribution in [3.05, 3.63) is 27.7 Å². The van der Waals surface area contributed by atoms with Crippen molar-refractivity contribution in [2.75, 3.05) is 19.8 Å². The first-order valence-corrected chi connectivity index (χ1v) is 7.84. The molecule has 2 atom stereocenters. The zero-order chi connectivity index (χ0) is 14.5. The summed E-state index contributed by atoms with van der Waals surface area (Å²) in [7, 11) is 0. The van der Waals surface area contributed by atoms with Gasteiger partial charge in [0.05, 0.1) is 11.6 Å². The average molecular weight is 318 g/mol. The van der Waals surface area contributed by atoms with Crippen LogP contribution in [-0.4, -0.2) is 24.9 Å². The Labute approximate surface area is 130 Å². The average Bonchev–Trinajstić information content (AvgIpc) is 2.63. The van der Waals surface area contributed by atoms with Crippen LogP contribution in [0.2, 0.25) is 10.0 Å². The molecule has 112 valence electrons. The summed E-state index contributed by atoms with van der Waals surface area (Å²) in [6, 6.07) is 4.04. The molecular weight excluding hydrogens is 297 g/mol. The van der Waals surface area contributed by atoms with Gasteiger partial charge in [-0.2, -0.15) is 0 Å². The summed E-state index contributed by atoms with van der Waals surface area (Å²) in [5, 5.41) is 13.5. The van der Waals surface area contributed by atoms with Gasteiger partial charge < -0.3 is 15.2 Å². The van der Waals surface area contributed by atoms with Gasteiger partial charge >= 0.3 is 0 Å². The molecule has 1 aromatic carbocycles. The van der Waals surface area contributed by atoms with Crippen molar-refractivity contribution in [3.63, 3.8) is 0 Å². The van der Waals surface area contributed by atoms with Crippen LogP contribution in [0.1, 0.15) is 37.8 Å². The third-order valence-corrected chi connectivity index (χ3v) is 4.46. The third-order valence-electron chi connectivity index (χ3n) is 3.67. The Morgan fingerprint density at radius 2 is 2.25 bits per heavy atom. The summed E-state index contributed by atoms with van der Waals surface area (Å²) >= 11 is 12.3. The van der Waals surface area contributed by atoms with E-state index in [1.807, 2.05) is 12.1 Å². The number of nitrogens with one attached hydrogen (secondary N) is 1. The van der Waals surface area contributed by atoms with Gasteiger partial charge in [-0.15, -0.1) is 0 Å². The van der Waals surface area contributed by atoms with Crippen LogP contribution in [-0.2, 0) is 0 Å². The molecule has 2 rings (SSSR count). The molecule has 1 aliphatic rings. The van der Waals surface area contributed by atoms with Crippen LogP contribution < -0.4 is 10.1 Å². The maximum atomic E-state index is 8.96. The van der Waals surface area contributed by atoms with E-state index in [4.69, 9.17) is 33.0 Å². The first kappa shape index (κ1) is 15.9. The molecule has 0 saturated carbocycles. The fourth-order valence-corrected chi connectivity index (χ4v) is 2.84. The first-order valence-electron chi connectivity index (χ1n) is 7.08. The summed E-state index contributed by atoms with van der Waals surface area (Å²) in [4.78, 5) is 0. The molecule has 1 aromatic rings. The highest BCUT2D eigenvalue weighted by Crippen LogP contribution is 2.40. The molecule has 1 aliphatic heterocycles. The lowest BCUT2D eigenvalue weighted by atomic mass is 10.0. The Bertz CT molecular complexity index is 454. The Hall–Kier alpha value is -0.480. The molecular formula is C15H21Cl2NO2. The Kier molecular flexibility index (Phi) is 5.97. The van der Waals surface area contributed by atoms with Crippen molar-refractivity contribution >= 4 is 23.2 Å². The minimum absolute atomic E-state index is 0.225. The molecule has 2 N–H and O–H groups in total. The van der Waals surface area contributed by atoms with Crippen LogP contribution in [0.3, 0.4) is 0 Å². The van der Waals surface area contributed by atoms with E-state index in [0.29, 0.717) is 28.3 Å². The summed E-state index contributed by atoms with van der Waals surface area (Å²) < 4.78 is 5.75. The predicted octanol–water partition coefficient (Wildman–Crippen LogP) is 3.82. The minimum Gasteiger partial charge on any atom is -0.492 e. The van der Waals surface area contributed by atoms with E-state index < -0.39 is 0 Å². The van der Waals surface area contributed by atoms with Crippen LogP contribution >= 0.6 is 23.2 Å². The number of fused-ring (bicyclic) bond motifs is 1. The molecule has 0 radical (unpaired) electrons. The number of hydrogen-bond acceptors (Lipinski definition) is 3. The van der Waals surface area contributed by atoms with Crippen molar-refractivity contribution in [3.8, 4) is 5.75 Å². The lowest BCUT2D eigenvalue weighted by Crippen LogP contribution is -2.26. The smallest absolute Gasteiger partial charge is 0.144 e. The number of hydrogen-bond donors (Lipinski definition) is 2. The van der Waals surface area contributed by atoms with Crippen molar-refractivity contribution in [2.24, 2.45) is 5.92 Å². The molecule has 3 nitrogen and oxygen atoms in total. The number of ether oxygens (including phenoxy) is 1. The highest BCUT2D eigenvalue weighted by Gasteiger charge is 2.23. The molecule has 0 fully saturated rings. The van der Waals surface area contributed by atoms with Crippen LogP contribution in [0.4, 0.5) is 0 Å². The van der Waals surface area contributed by atoms with E-state index in [1.54, 1.807) is 0 Å². The number of aliphatic hydroxyl groups is 1. The summed E-state index contributed by atoms with van der Waals surface area (Å²) in [5.74, 6) is 1.15. The largest absolute Gasteiger partial charge is 0.492 e. The molecule has 0 bridgehead atoms. The second-order valence-electron chi connectivity index (χ2n) is 5.35. The summed E-state index contributed by atoms with van der Waals surface area (Å²) in [6.45, 7) is 3.89. The molecule has 0 aliphatic carbocycles. The van der Waals surface area contributed by atoms with Crippen molar-refractivity contribution in [1.29, 1.82) is 0 Å². The fourth-order valence-electron chi connectivity index (χ4n) is 2.46. The summed E-state index contributed by atoms with van der Waals surface area (Å²) in [6.07, 6.45) is 2.80. The van der Waals surface area contributed by atoms with Gasteiger partial charge in [0.2, 0.25) is 0 Å². The van der Waals surface area contributed by atoms with E-state index in [0.717, 1.165) is 31.4 Å². The van der Waals surface area contributed by atoms with Gasteiger partial charge in [-0.25, -0.2) is 0 Å². The Morgan fingerprint density at radius 3 is 3.00 bits per heavy atom. The SMILES string of the molecule is CC(CCO)CNC1CCCOc2c1ccc(Cl)c2Cl. The van der Waals surface area contributed by atoms with E-state index in [2.05, 4.69) is 12.2 Å². The lowest BCUT2D eigenvalue weighted by Gasteiger charge is -2.21. The lowest BCUT2D eigenvalue weighted by molar-refractivity contribution is 0.257. The topological polar surface area (TPSA) is 41.5 Å². The van der Waals surface area contributed by atoms with Crippen LogP contribution in [0.15, 0.2) is 12.1 Å². The molecule has 0 saturated heterocycles. The van der Waals surface area contributed by atoms with Gasteiger partial charge in [-0.05, 0) is 37.8 Å². The standard InChI is InChI=1S/C15H21Cl2NO2/c1-10(6-7-19)9-18-13-3-2-8-20-15-11(13)4-5-12(16)14(15)17/h4-5,10,13,18-19H,2-3,6-9H2,1H3. The molecule has 2 unspecified atom stereocenters. The molecule has 5 heteroatoms. The predicted molar refractivity (Wildman–Crippen MR) is 82.8 cm³/mol. The molecule has 1 heterocycles. The van der Waals surface area contributed by atoms with E-state index in [-0.39, 0.29) is 12.6 Å². The minimum atomic E-state index is 0.225. The van der Waals surface area contributed by atoms with Gasteiger partial charge in [0, 0.05) is 18.2 Å². The monoisotopic (exact) mass is 317 g/mol. The molecule has 0 aromatic heterocycles. The van der Waals surface area contributed by atoms with Gasteiger partial charge in [0.15, 0.2) is 0 Å². The van der Waals surface area contributed by atoms with Crippen LogP contribution in [0.5, 0.6) is 5.75 Å². The Balaban J connectivity index is 2.13. The highest BCUT2D eigenvalue weighted by atomic mass is 35.5. The first-order chi connectivity index (χ1) is 9.63. The number of halogens is 2. The fraction of sp³-hybridized carbons (Fsp3) is 0.600. The van der Waals surface area contributed by atoms with Crippen molar-refractivity contribution in [2.45, 2.75) is 32.2 Å². The maximum Gasteiger partial charge on any atom is 0.144 e. The zero-order valence-corrected chi connectivity index (χ0v) is 13.2. The highest BCUT2D eigenvalue weighted by molar-refractivity contribution is 6.43. The van der Waals surface area contributed by atoms with Gasteiger partial charge in [0.1, 0.15) is 10.8 Å².